The van der Waals surface area contributed by atoms with Gasteiger partial charge in [0, 0.05) is 60.4 Å². The lowest BCUT2D eigenvalue weighted by molar-refractivity contribution is -0.136. The van der Waals surface area contributed by atoms with Gasteiger partial charge in [-0.15, -0.1) is 11.3 Å². The molecule has 236 valence electrons. The van der Waals surface area contributed by atoms with Gasteiger partial charge in [-0.3, -0.25) is 19.2 Å². The highest BCUT2D eigenvalue weighted by atomic mass is 32.1. The number of thiazole rings is 1. The van der Waals surface area contributed by atoms with Crippen molar-refractivity contribution in [3.63, 3.8) is 0 Å². The molecule has 2 fully saturated rings. The Morgan fingerprint density at radius 1 is 0.804 bits per heavy atom. The third-order valence-electron chi connectivity index (χ3n) is 8.64. The lowest BCUT2D eigenvalue weighted by atomic mass is 10.1. The Kier molecular flexibility index (Phi) is 9.54. The zero-order valence-electron chi connectivity index (χ0n) is 25.8. The van der Waals surface area contributed by atoms with Gasteiger partial charge in [0.1, 0.15) is 11.0 Å². The van der Waals surface area contributed by atoms with Crippen molar-refractivity contribution in [3.8, 4) is 21.8 Å². The number of anilines is 2. The maximum absolute atomic E-state index is 13.1. The number of carbonyl (C=O) groups excluding carboxylic acids is 4. The van der Waals surface area contributed by atoms with Gasteiger partial charge in [-0.1, -0.05) is 42.5 Å². The third-order valence-corrected chi connectivity index (χ3v) is 9.54. The van der Waals surface area contributed by atoms with Gasteiger partial charge in [0.05, 0.1) is 12.1 Å². The Morgan fingerprint density at radius 3 is 2.17 bits per heavy atom. The maximum atomic E-state index is 13.1. The summed E-state index contributed by atoms with van der Waals surface area (Å²) in [6, 6.07) is 24.3. The number of likely N-dealkylation sites (tertiary alicyclic amines) is 2. The van der Waals surface area contributed by atoms with E-state index >= 15 is 0 Å². The van der Waals surface area contributed by atoms with Crippen LogP contribution in [0.15, 0.2) is 84.2 Å². The van der Waals surface area contributed by atoms with E-state index in [4.69, 9.17) is 4.98 Å². The molecule has 2 atom stereocenters. The molecule has 0 spiro atoms. The van der Waals surface area contributed by atoms with Gasteiger partial charge in [0.2, 0.25) is 23.6 Å². The number of nitrogens with zero attached hydrogens (tertiary/aromatic N) is 3. The fourth-order valence-electron chi connectivity index (χ4n) is 6.28. The van der Waals surface area contributed by atoms with Gasteiger partial charge in [0.15, 0.2) is 0 Å². The SMILES string of the molecule is CC(=O)N1CCC[C@H]1CC(=O)Nc1ccc(-c2nc(-c3ccc(NC(=O)[C@@H]4CCCN4C(=O)Cc4ccccc4)cc3)cs2)cc1. The van der Waals surface area contributed by atoms with E-state index in [9.17, 15) is 19.2 Å². The van der Waals surface area contributed by atoms with Crippen molar-refractivity contribution in [2.24, 2.45) is 0 Å². The van der Waals surface area contributed by atoms with Crippen LogP contribution in [0.1, 0.15) is 44.6 Å². The molecular formula is C36H37N5O4S. The second-order valence-electron chi connectivity index (χ2n) is 11.9. The van der Waals surface area contributed by atoms with Crippen molar-refractivity contribution < 1.29 is 19.2 Å². The van der Waals surface area contributed by atoms with Gasteiger partial charge in [-0.2, -0.15) is 0 Å². The summed E-state index contributed by atoms with van der Waals surface area (Å²) in [5, 5.41) is 8.79. The van der Waals surface area contributed by atoms with Crippen LogP contribution >= 0.6 is 11.3 Å². The van der Waals surface area contributed by atoms with Crippen LogP contribution in [0.2, 0.25) is 0 Å². The normalized spacial score (nSPS) is 17.6. The standard InChI is InChI=1S/C36H37N5O4S/c1-24(42)40-19-5-9-30(40)22-33(43)37-28-17-13-27(14-18-28)36-39-31(23-46-36)26-11-15-29(16-12-26)38-35(45)32-10-6-20-41(32)34(44)21-25-7-3-2-4-8-25/h2-4,7-8,11-18,23,30,32H,5-6,9-10,19-22H2,1H3,(H,37,43)(H,38,45)/t30-,32-/m0/s1. The molecule has 4 amide bonds. The molecule has 0 saturated carbocycles. The number of benzene rings is 3. The minimum Gasteiger partial charge on any atom is -0.339 e. The quantitative estimate of drug-likeness (QED) is 0.235. The summed E-state index contributed by atoms with van der Waals surface area (Å²) in [5.74, 6) is -0.275. The Balaban J connectivity index is 1.02. The van der Waals surface area contributed by atoms with Crippen LogP contribution in [0.5, 0.6) is 0 Å². The largest absolute Gasteiger partial charge is 0.339 e. The van der Waals surface area contributed by atoms with E-state index in [2.05, 4.69) is 10.6 Å². The Hall–Kier alpha value is -4.83. The summed E-state index contributed by atoms with van der Waals surface area (Å²) in [6.07, 6.45) is 3.83. The zero-order valence-corrected chi connectivity index (χ0v) is 26.6. The molecule has 6 rings (SSSR count). The molecule has 4 aromatic rings. The highest BCUT2D eigenvalue weighted by molar-refractivity contribution is 7.13. The monoisotopic (exact) mass is 635 g/mol. The second kappa shape index (κ2) is 14.1. The molecule has 10 heteroatoms. The van der Waals surface area contributed by atoms with E-state index < -0.39 is 6.04 Å². The average molecular weight is 636 g/mol. The van der Waals surface area contributed by atoms with Crippen molar-refractivity contribution >= 4 is 46.3 Å². The number of hydrogen-bond donors (Lipinski definition) is 2. The molecule has 0 aliphatic carbocycles. The van der Waals surface area contributed by atoms with E-state index in [1.165, 1.54) is 11.3 Å². The van der Waals surface area contributed by atoms with Crippen LogP contribution in [0, 0.1) is 0 Å². The van der Waals surface area contributed by atoms with E-state index in [1.54, 1.807) is 16.7 Å². The smallest absolute Gasteiger partial charge is 0.247 e. The second-order valence-corrected chi connectivity index (χ2v) is 12.7. The fourth-order valence-corrected chi connectivity index (χ4v) is 7.12. The van der Waals surface area contributed by atoms with Gasteiger partial charge in [-0.25, -0.2) is 4.98 Å². The number of carbonyl (C=O) groups is 4. The van der Waals surface area contributed by atoms with E-state index in [-0.39, 0.29) is 36.1 Å². The minimum atomic E-state index is -0.471. The Morgan fingerprint density at radius 2 is 1.46 bits per heavy atom. The van der Waals surface area contributed by atoms with Crippen molar-refractivity contribution in [3.05, 3.63) is 89.8 Å². The number of nitrogens with one attached hydrogen (secondary N) is 2. The summed E-state index contributed by atoms with van der Waals surface area (Å²) in [7, 11) is 0. The zero-order chi connectivity index (χ0) is 32.0. The van der Waals surface area contributed by atoms with Crippen LogP contribution in [0.3, 0.4) is 0 Å². The number of hydrogen-bond acceptors (Lipinski definition) is 6. The lowest BCUT2D eigenvalue weighted by Gasteiger charge is -2.24. The van der Waals surface area contributed by atoms with Crippen LogP contribution in [-0.4, -0.2) is 63.6 Å². The lowest BCUT2D eigenvalue weighted by Crippen LogP contribution is -2.43. The predicted octanol–water partition coefficient (Wildman–Crippen LogP) is 5.99. The maximum Gasteiger partial charge on any atom is 0.247 e. The first-order chi connectivity index (χ1) is 22.3. The van der Waals surface area contributed by atoms with Crippen LogP contribution in [0.4, 0.5) is 11.4 Å². The molecule has 0 bridgehead atoms. The first-order valence-electron chi connectivity index (χ1n) is 15.7. The van der Waals surface area contributed by atoms with E-state index in [1.807, 2.05) is 84.2 Å². The first-order valence-corrected chi connectivity index (χ1v) is 16.6. The van der Waals surface area contributed by atoms with Crippen LogP contribution in [0.25, 0.3) is 21.8 Å². The van der Waals surface area contributed by atoms with Gasteiger partial charge >= 0.3 is 0 Å². The van der Waals surface area contributed by atoms with Crippen molar-refractivity contribution in [2.45, 2.75) is 57.5 Å². The topological polar surface area (TPSA) is 112 Å². The molecule has 2 aliphatic rings. The van der Waals surface area contributed by atoms with Gasteiger partial charge in [-0.05, 0) is 67.6 Å². The number of rotatable bonds is 9. The van der Waals surface area contributed by atoms with Gasteiger partial charge < -0.3 is 20.4 Å². The molecule has 3 aromatic carbocycles. The fraction of sp³-hybridized carbons (Fsp3) is 0.306. The van der Waals surface area contributed by atoms with Crippen molar-refractivity contribution in [2.75, 3.05) is 23.7 Å². The molecule has 2 N–H and O–H groups in total. The Bertz CT molecular complexity index is 1700. The summed E-state index contributed by atoms with van der Waals surface area (Å²) in [6.45, 7) is 2.86. The number of amides is 4. The molecule has 2 aliphatic heterocycles. The minimum absolute atomic E-state index is 0.0185. The molecule has 1 aromatic heterocycles. The van der Waals surface area contributed by atoms with E-state index in [0.717, 1.165) is 53.2 Å². The van der Waals surface area contributed by atoms with Crippen molar-refractivity contribution in [1.82, 2.24) is 14.8 Å². The Labute approximate surface area is 272 Å². The molecule has 0 radical (unpaired) electrons. The van der Waals surface area contributed by atoms with Crippen LogP contribution in [-0.2, 0) is 25.6 Å². The van der Waals surface area contributed by atoms with Crippen LogP contribution < -0.4 is 10.6 Å². The summed E-state index contributed by atoms with van der Waals surface area (Å²) >= 11 is 1.53. The molecule has 3 heterocycles. The summed E-state index contributed by atoms with van der Waals surface area (Å²) in [5.41, 5.74) is 5.02. The number of aromatic nitrogens is 1. The van der Waals surface area contributed by atoms with Crippen molar-refractivity contribution in [1.29, 1.82) is 0 Å². The first kappa shape index (κ1) is 31.2. The third kappa shape index (κ3) is 7.34. The summed E-state index contributed by atoms with van der Waals surface area (Å²) < 4.78 is 0. The molecule has 0 unspecified atom stereocenters. The molecule has 9 nitrogen and oxygen atoms in total. The average Bonchev–Trinajstić information content (AvgIpc) is 3.84. The highest BCUT2D eigenvalue weighted by Gasteiger charge is 2.34. The highest BCUT2D eigenvalue weighted by Crippen LogP contribution is 2.31. The van der Waals surface area contributed by atoms with Gasteiger partial charge in [0.25, 0.3) is 0 Å². The van der Waals surface area contributed by atoms with E-state index in [0.29, 0.717) is 30.8 Å². The summed E-state index contributed by atoms with van der Waals surface area (Å²) in [4.78, 5) is 58.8. The molecule has 2 saturated heterocycles. The molecule has 46 heavy (non-hydrogen) atoms. The molecular weight excluding hydrogens is 598 g/mol. The predicted molar refractivity (Wildman–Crippen MR) is 180 cm³/mol.